The van der Waals surface area contributed by atoms with Crippen LogP contribution in [0.15, 0.2) is 24.3 Å². The average molecular weight is 286 g/mol. The van der Waals surface area contributed by atoms with E-state index in [4.69, 9.17) is 5.73 Å². The molecule has 0 aliphatic carbocycles. The van der Waals surface area contributed by atoms with Crippen molar-refractivity contribution in [3.63, 3.8) is 0 Å². The van der Waals surface area contributed by atoms with Crippen molar-refractivity contribution >= 4 is 0 Å². The summed E-state index contributed by atoms with van der Waals surface area (Å²) in [6.07, 6.45) is -2.29. The van der Waals surface area contributed by atoms with E-state index in [9.17, 15) is 13.2 Å². The Kier molecular flexibility index (Phi) is 4.70. The Labute approximate surface area is 117 Å². The molecule has 0 bridgehead atoms. The predicted molar refractivity (Wildman–Crippen MR) is 73.2 cm³/mol. The van der Waals surface area contributed by atoms with Gasteiger partial charge in [-0.15, -0.1) is 0 Å². The normalized spacial score (nSPS) is 20.1. The number of likely N-dealkylation sites (tertiary alicyclic amines) is 1. The van der Waals surface area contributed by atoms with Gasteiger partial charge in [-0.25, -0.2) is 0 Å². The van der Waals surface area contributed by atoms with Crippen LogP contribution in [0.25, 0.3) is 0 Å². The van der Waals surface area contributed by atoms with Gasteiger partial charge in [0.05, 0.1) is 5.56 Å². The van der Waals surface area contributed by atoms with Crippen LogP contribution in [0.5, 0.6) is 0 Å². The lowest BCUT2D eigenvalue weighted by Gasteiger charge is -2.37. The van der Waals surface area contributed by atoms with Gasteiger partial charge in [-0.1, -0.05) is 25.1 Å². The number of hydrogen-bond acceptors (Lipinski definition) is 2. The molecule has 1 heterocycles. The van der Waals surface area contributed by atoms with Crippen molar-refractivity contribution in [2.75, 3.05) is 19.6 Å². The Morgan fingerprint density at radius 3 is 2.40 bits per heavy atom. The van der Waals surface area contributed by atoms with Crippen LogP contribution in [-0.2, 0) is 6.18 Å². The molecule has 1 aromatic rings. The van der Waals surface area contributed by atoms with Crippen LogP contribution in [0.1, 0.15) is 36.9 Å². The van der Waals surface area contributed by atoms with E-state index in [1.165, 1.54) is 6.07 Å². The highest BCUT2D eigenvalue weighted by atomic mass is 19.4. The van der Waals surface area contributed by atoms with Crippen molar-refractivity contribution in [2.24, 2.45) is 11.7 Å². The fourth-order valence-electron chi connectivity index (χ4n) is 2.86. The Hall–Kier alpha value is -1.07. The number of alkyl halides is 3. The molecule has 1 fully saturated rings. The zero-order valence-electron chi connectivity index (χ0n) is 11.7. The molecule has 1 aliphatic rings. The summed E-state index contributed by atoms with van der Waals surface area (Å²) in [6, 6.07) is 5.43. The second-order valence-corrected chi connectivity index (χ2v) is 5.56. The summed E-state index contributed by atoms with van der Waals surface area (Å²) in [5.41, 5.74) is 5.52. The third-order valence-corrected chi connectivity index (χ3v) is 4.11. The molecule has 0 spiro atoms. The first-order valence-corrected chi connectivity index (χ1v) is 7.03. The molecule has 1 aliphatic heterocycles. The van der Waals surface area contributed by atoms with Crippen LogP contribution in [0.4, 0.5) is 13.2 Å². The number of nitrogens with two attached hydrogens (primary N) is 1. The van der Waals surface area contributed by atoms with Gasteiger partial charge in [-0.05, 0) is 43.5 Å². The number of rotatable bonds is 3. The van der Waals surface area contributed by atoms with Gasteiger partial charge >= 0.3 is 6.18 Å². The van der Waals surface area contributed by atoms with Crippen molar-refractivity contribution in [2.45, 2.75) is 32.0 Å². The lowest BCUT2D eigenvalue weighted by molar-refractivity contribution is -0.138. The highest BCUT2D eigenvalue weighted by Gasteiger charge is 2.36. The molecule has 2 rings (SSSR count). The van der Waals surface area contributed by atoms with Gasteiger partial charge in [-0.2, -0.15) is 13.2 Å². The lowest BCUT2D eigenvalue weighted by Crippen LogP contribution is -2.40. The predicted octanol–water partition coefficient (Wildman–Crippen LogP) is 3.44. The van der Waals surface area contributed by atoms with Gasteiger partial charge in [0, 0.05) is 12.6 Å². The molecule has 1 aromatic carbocycles. The van der Waals surface area contributed by atoms with E-state index < -0.39 is 11.7 Å². The van der Waals surface area contributed by atoms with Gasteiger partial charge in [0.15, 0.2) is 0 Å². The third kappa shape index (κ3) is 3.33. The second-order valence-electron chi connectivity index (χ2n) is 5.56. The fourth-order valence-corrected chi connectivity index (χ4v) is 2.86. The van der Waals surface area contributed by atoms with Crippen molar-refractivity contribution in [3.05, 3.63) is 35.4 Å². The maximum Gasteiger partial charge on any atom is 0.416 e. The van der Waals surface area contributed by atoms with E-state index in [2.05, 4.69) is 11.8 Å². The highest BCUT2D eigenvalue weighted by Crippen LogP contribution is 2.36. The Morgan fingerprint density at radius 1 is 1.25 bits per heavy atom. The van der Waals surface area contributed by atoms with Crippen molar-refractivity contribution in [1.82, 2.24) is 4.90 Å². The molecular formula is C15H21F3N2. The minimum atomic E-state index is -4.33. The van der Waals surface area contributed by atoms with E-state index in [1.807, 2.05) is 0 Å². The summed E-state index contributed by atoms with van der Waals surface area (Å²) in [6.45, 7) is 4.02. The molecule has 0 unspecified atom stereocenters. The molecule has 0 aromatic heterocycles. The standard InChI is InChI=1S/C15H21F3N2/c1-11-6-8-20(9-7-11)14(10-19)12-4-2-3-5-13(12)15(16,17)18/h2-5,11,14H,6-10,19H2,1H3/t14-/m1/s1. The van der Waals surface area contributed by atoms with Gasteiger partial charge in [-0.3, -0.25) is 4.90 Å². The molecule has 2 nitrogen and oxygen atoms in total. The van der Waals surface area contributed by atoms with Crippen LogP contribution in [-0.4, -0.2) is 24.5 Å². The number of hydrogen-bond donors (Lipinski definition) is 1. The van der Waals surface area contributed by atoms with Crippen LogP contribution in [0, 0.1) is 5.92 Å². The van der Waals surface area contributed by atoms with Crippen LogP contribution in [0.3, 0.4) is 0 Å². The zero-order valence-corrected chi connectivity index (χ0v) is 11.7. The first-order valence-electron chi connectivity index (χ1n) is 7.03. The molecule has 1 atom stereocenters. The van der Waals surface area contributed by atoms with Crippen molar-refractivity contribution < 1.29 is 13.2 Å². The molecular weight excluding hydrogens is 265 g/mol. The van der Waals surface area contributed by atoms with Gasteiger partial charge in [0.25, 0.3) is 0 Å². The summed E-state index contributed by atoms with van der Waals surface area (Å²) in [5.74, 6) is 0.641. The van der Waals surface area contributed by atoms with E-state index in [0.717, 1.165) is 32.0 Å². The van der Waals surface area contributed by atoms with E-state index in [0.29, 0.717) is 11.5 Å². The summed E-state index contributed by atoms with van der Waals surface area (Å²) in [7, 11) is 0. The molecule has 0 radical (unpaired) electrons. The van der Waals surface area contributed by atoms with Gasteiger partial charge < -0.3 is 5.73 Å². The minimum absolute atomic E-state index is 0.210. The van der Waals surface area contributed by atoms with E-state index >= 15 is 0 Å². The highest BCUT2D eigenvalue weighted by molar-refractivity contribution is 5.32. The SMILES string of the molecule is CC1CCN([C@H](CN)c2ccccc2C(F)(F)F)CC1. The number of benzene rings is 1. The molecule has 0 amide bonds. The smallest absolute Gasteiger partial charge is 0.329 e. The van der Waals surface area contributed by atoms with Crippen LogP contribution < -0.4 is 5.73 Å². The third-order valence-electron chi connectivity index (χ3n) is 4.11. The largest absolute Gasteiger partial charge is 0.416 e. The lowest BCUT2D eigenvalue weighted by atomic mass is 9.93. The van der Waals surface area contributed by atoms with Gasteiger partial charge in [0.1, 0.15) is 0 Å². The molecule has 2 N–H and O–H groups in total. The van der Waals surface area contributed by atoms with E-state index in [1.54, 1.807) is 12.1 Å². The number of nitrogens with zero attached hydrogens (tertiary/aromatic N) is 1. The second kappa shape index (κ2) is 6.14. The van der Waals surface area contributed by atoms with E-state index in [-0.39, 0.29) is 12.6 Å². The monoisotopic (exact) mass is 286 g/mol. The van der Waals surface area contributed by atoms with Crippen molar-refractivity contribution in [1.29, 1.82) is 0 Å². The summed E-state index contributed by atoms with van der Waals surface area (Å²) >= 11 is 0. The average Bonchev–Trinajstić information content (AvgIpc) is 2.41. The van der Waals surface area contributed by atoms with Crippen LogP contribution in [0.2, 0.25) is 0 Å². The topological polar surface area (TPSA) is 29.3 Å². The van der Waals surface area contributed by atoms with Crippen molar-refractivity contribution in [3.8, 4) is 0 Å². The first-order chi connectivity index (χ1) is 9.43. The maximum absolute atomic E-state index is 13.1. The number of halogens is 3. The van der Waals surface area contributed by atoms with Gasteiger partial charge in [0.2, 0.25) is 0 Å². The summed E-state index contributed by atoms with van der Waals surface area (Å²) < 4.78 is 39.3. The molecule has 20 heavy (non-hydrogen) atoms. The maximum atomic E-state index is 13.1. The summed E-state index contributed by atoms with van der Waals surface area (Å²) in [5, 5.41) is 0. The Morgan fingerprint density at radius 2 is 1.85 bits per heavy atom. The Balaban J connectivity index is 2.28. The Bertz CT molecular complexity index is 437. The summed E-state index contributed by atoms with van der Waals surface area (Å²) in [4.78, 5) is 2.09. The first kappa shape index (κ1) is 15.3. The molecule has 0 saturated carbocycles. The quantitative estimate of drug-likeness (QED) is 0.922. The molecule has 5 heteroatoms. The van der Waals surface area contributed by atoms with Crippen LogP contribution >= 0.6 is 0 Å². The fraction of sp³-hybridized carbons (Fsp3) is 0.600. The zero-order chi connectivity index (χ0) is 14.8. The number of piperidine rings is 1. The minimum Gasteiger partial charge on any atom is -0.329 e. The molecule has 1 saturated heterocycles. The molecule has 112 valence electrons.